The highest BCUT2D eigenvalue weighted by Crippen LogP contribution is 2.23. The standard InChI is InChI=1S/C22H23ClN4O2/c23-18-7-2-1-6-16(18)13-27-14-17(12-21(27)28)22(29)24-10-5-11-26-15-25-19-8-3-4-9-20(19)26/h1-4,6-9,15,17H,5,10-14H2,(H,24,29)/t17-/m0/s1. The number of benzene rings is 2. The summed E-state index contributed by atoms with van der Waals surface area (Å²) in [6.07, 6.45) is 2.88. The van der Waals surface area contributed by atoms with Gasteiger partial charge in [-0.15, -0.1) is 0 Å². The number of fused-ring (bicyclic) bond motifs is 1. The number of hydrogen-bond donors (Lipinski definition) is 1. The highest BCUT2D eigenvalue weighted by Gasteiger charge is 2.34. The third kappa shape index (κ3) is 4.43. The second-order valence-electron chi connectivity index (χ2n) is 7.34. The van der Waals surface area contributed by atoms with Crippen LogP contribution >= 0.6 is 11.6 Å². The Morgan fingerprint density at radius 2 is 1.97 bits per heavy atom. The van der Waals surface area contributed by atoms with Crippen LogP contribution in [0.4, 0.5) is 0 Å². The molecule has 150 valence electrons. The highest BCUT2D eigenvalue weighted by atomic mass is 35.5. The fourth-order valence-electron chi connectivity index (χ4n) is 3.73. The Morgan fingerprint density at radius 3 is 2.83 bits per heavy atom. The van der Waals surface area contributed by atoms with Crippen LogP contribution in [0.15, 0.2) is 54.9 Å². The summed E-state index contributed by atoms with van der Waals surface area (Å²) < 4.78 is 2.09. The molecule has 4 rings (SSSR count). The van der Waals surface area contributed by atoms with Gasteiger partial charge in [0.25, 0.3) is 0 Å². The molecule has 0 radical (unpaired) electrons. The Balaban J connectivity index is 1.25. The van der Waals surface area contributed by atoms with E-state index in [0.717, 1.165) is 29.6 Å². The number of halogens is 1. The Hall–Kier alpha value is -2.86. The van der Waals surface area contributed by atoms with Crippen molar-refractivity contribution in [1.29, 1.82) is 0 Å². The van der Waals surface area contributed by atoms with Crippen LogP contribution in [0.3, 0.4) is 0 Å². The van der Waals surface area contributed by atoms with Gasteiger partial charge in [0.2, 0.25) is 11.8 Å². The van der Waals surface area contributed by atoms with Gasteiger partial charge in [0.05, 0.1) is 23.3 Å². The normalized spacial score (nSPS) is 16.5. The Bertz CT molecular complexity index is 1030. The molecule has 1 atom stereocenters. The lowest BCUT2D eigenvalue weighted by Crippen LogP contribution is -2.33. The molecule has 1 aliphatic heterocycles. The summed E-state index contributed by atoms with van der Waals surface area (Å²) in [4.78, 5) is 30.9. The molecule has 2 aromatic carbocycles. The molecule has 1 N–H and O–H groups in total. The minimum absolute atomic E-state index is 0.00467. The molecular weight excluding hydrogens is 388 g/mol. The molecule has 1 fully saturated rings. The maximum Gasteiger partial charge on any atom is 0.225 e. The zero-order valence-electron chi connectivity index (χ0n) is 16.1. The lowest BCUT2D eigenvalue weighted by molar-refractivity contribution is -0.129. The van der Waals surface area contributed by atoms with E-state index in [1.807, 2.05) is 54.9 Å². The summed E-state index contributed by atoms with van der Waals surface area (Å²) in [5, 5.41) is 3.61. The van der Waals surface area contributed by atoms with Crippen molar-refractivity contribution >= 4 is 34.4 Å². The molecule has 29 heavy (non-hydrogen) atoms. The number of aromatic nitrogens is 2. The van der Waals surface area contributed by atoms with E-state index in [-0.39, 0.29) is 24.2 Å². The molecule has 3 aromatic rings. The molecule has 2 amide bonds. The first-order valence-corrected chi connectivity index (χ1v) is 10.2. The van der Waals surface area contributed by atoms with Crippen LogP contribution in [-0.4, -0.2) is 39.4 Å². The summed E-state index contributed by atoms with van der Waals surface area (Å²) in [6, 6.07) is 15.5. The first kappa shape index (κ1) is 19.5. The fraction of sp³-hybridized carbons (Fsp3) is 0.318. The number of rotatable bonds is 7. The number of aryl methyl sites for hydroxylation is 1. The van der Waals surface area contributed by atoms with Gasteiger partial charge in [-0.25, -0.2) is 4.98 Å². The monoisotopic (exact) mass is 410 g/mol. The van der Waals surface area contributed by atoms with Gasteiger partial charge >= 0.3 is 0 Å². The number of likely N-dealkylation sites (tertiary alicyclic amines) is 1. The second-order valence-corrected chi connectivity index (χ2v) is 7.75. The van der Waals surface area contributed by atoms with Crippen LogP contribution in [0.1, 0.15) is 18.4 Å². The van der Waals surface area contributed by atoms with Crippen LogP contribution in [0, 0.1) is 5.92 Å². The molecule has 0 spiro atoms. The lowest BCUT2D eigenvalue weighted by Gasteiger charge is -2.17. The first-order valence-electron chi connectivity index (χ1n) is 9.80. The van der Waals surface area contributed by atoms with Crippen LogP contribution in [0.25, 0.3) is 11.0 Å². The van der Waals surface area contributed by atoms with Gasteiger partial charge in [0, 0.05) is 37.6 Å². The summed E-state index contributed by atoms with van der Waals surface area (Å²) in [5.74, 6) is -0.371. The topological polar surface area (TPSA) is 67.2 Å². The number of nitrogens with one attached hydrogen (secondary N) is 1. The SMILES string of the molecule is O=C(NCCCn1cnc2ccccc21)[C@H]1CC(=O)N(Cc2ccccc2Cl)C1. The quantitative estimate of drug-likeness (QED) is 0.608. The van der Waals surface area contributed by atoms with E-state index in [4.69, 9.17) is 11.6 Å². The van der Waals surface area contributed by atoms with Crippen molar-refractivity contribution in [1.82, 2.24) is 19.8 Å². The largest absolute Gasteiger partial charge is 0.356 e. The predicted octanol–water partition coefficient (Wildman–Crippen LogP) is 3.24. The van der Waals surface area contributed by atoms with E-state index in [1.54, 1.807) is 4.90 Å². The number of imidazole rings is 1. The molecular formula is C22H23ClN4O2. The van der Waals surface area contributed by atoms with E-state index in [9.17, 15) is 9.59 Å². The zero-order valence-corrected chi connectivity index (χ0v) is 16.8. The van der Waals surface area contributed by atoms with Crippen molar-refractivity contribution in [3.8, 4) is 0 Å². The smallest absolute Gasteiger partial charge is 0.225 e. The number of carbonyl (C=O) groups excluding carboxylic acids is 2. The molecule has 1 aromatic heterocycles. The Kier molecular flexibility index (Phi) is 5.81. The third-order valence-corrected chi connectivity index (χ3v) is 5.68. The van der Waals surface area contributed by atoms with Gasteiger partial charge in [-0.3, -0.25) is 9.59 Å². The van der Waals surface area contributed by atoms with Crippen molar-refractivity contribution in [3.63, 3.8) is 0 Å². The molecule has 7 heteroatoms. The molecule has 0 saturated carbocycles. The average Bonchev–Trinajstić information content (AvgIpc) is 3.31. The van der Waals surface area contributed by atoms with Crippen molar-refractivity contribution in [2.24, 2.45) is 5.92 Å². The molecule has 1 saturated heterocycles. The number of carbonyl (C=O) groups is 2. The predicted molar refractivity (Wildman–Crippen MR) is 112 cm³/mol. The average molecular weight is 411 g/mol. The Labute approximate surface area is 174 Å². The molecule has 0 unspecified atom stereocenters. The van der Waals surface area contributed by atoms with Gasteiger partial charge in [-0.2, -0.15) is 0 Å². The van der Waals surface area contributed by atoms with Crippen LogP contribution in [-0.2, 0) is 22.7 Å². The van der Waals surface area contributed by atoms with Crippen LogP contribution in [0.5, 0.6) is 0 Å². The second kappa shape index (κ2) is 8.66. The van der Waals surface area contributed by atoms with E-state index < -0.39 is 0 Å². The lowest BCUT2D eigenvalue weighted by atomic mass is 10.1. The van der Waals surface area contributed by atoms with Gasteiger partial charge in [0.1, 0.15) is 0 Å². The first-order chi connectivity index (χ1) is 14.1. The Morgan fingerprint density at radius 1 is 1.17 bits per heavy atom. The fourth-order valence-corrected chi connectivity index (χ4v) is 3.92. The molecule has 1 aliphatic rings. The zero-order chi connectivity index (χ0) is 20.2. The highest BCUT2D eigenvalue weighted by molar-refractivity contribution is 6.31. The molecule has 0 bridgehead atoms. The van der Waals surface area contributed by atoms with E-state index in [0.29, 0.717) is 24.7 Å². The summed E-state index contributed by atoms with van der Waals surface area (Å²) in [5.41, 5.74) is 2.96. The van der Waals surface area contributed by atoms with Gasteiger partial charge < -0.3 is 14.8 Å². The maximum absolute atomic E-state index is 12.5. The number of para-hydroxylation sites is 2. The van der Waals surface area contributed by atoms with Crippen molar-refractivity contribution in [3.05, 3.63) is 65.4 Å². The maximum atomic E-state index is 12.5. The summed E-state index contributed by atoms with van der Waals surface area (Å²) in [6.45, 7) is 2.22. The van der Waals surface area contributed by atoms with Crippen LogP contribution < -0.4 is 5.32 Å². The van der Waals surface area contributed by atoms with Gasteiger partial charge in [-0.1, -0.05) is 41.9 Å². The minimum Gasteiger partial charge on any atom is -0.356 e. The minimum atomic E-state index is -0.306. The van der Waals surface area contributed by atoms with E-state index in [2.05, 4.69) is 14.9 Å². The van der Waals surface area contributed by atoms with Crippen molar-refractivity contribution in [2.75, 3.05) is 13.1 Å². The third-order valence-electron chi connectivity index (χ3n) is 5.31. The van der Waals surface area contributed by atoms with Crippen molar-refractivity contribution < 1.29 is 9.59 Å². The number of nitrogens with zero attached hydrogens (tertiary/aromatic N) is 3. The van der Waals surface area contributed by atoms with E-state index in [1.165, 1.54) is 0 Å². The summed E-state index contributed by atoms with van der Waals surface area (Å²) in [7, 11) is 0. The molecule has 2 heterocycles. The molecule has 0 aliphatic carbocycles. The van der Waals surface area contributed by atoms with E-state index >= 15 is 0 Å². The molecule has 6 nitrogen and oxygen atoms in total. The number of hydrogen-bond acceptors (Lipinski definition) is 3. The van der Waals surface area contributed by atoms with Gasteiger partial charge in [0.15, 0.2) is 0 Å². The van der Waals surface area contributed by atoms with Gasteiger partial charge in [-0.05, 0) is 30.2 Å². The van der Waals surface area contributed by atoms with Crippen LogP contribution in [0.2, 0.25) is 5.02 Å². The number of amides is 2. The summed E-state index contributed by atoms with van der Waals surface area (Å²) >= 11 is 6.19. The van der Waals surface area contributed by atoms with Crippen molar-refractivity contribution in [2.45, 2.75) is 25.9 Å².